The van der Waals surface area contributed by atoms with Crippen LogP contribution < -0.4 is 10.1 Å². The van der Waals surface area contributed by atoms with E-state index in [2.05, 4.69) is 10.3 Å². The molecule has 2 amide bonds. The highest BCUT2D eigenvalue weighted by molar-refractivity contribution is 7.15. The number of halogens is 1. The van der Waals surface area contributed by atoms with Gasteiger partial charge in [-0.1, -0.05) is 41.1 Å². The number of hydrogen-bond acceptors (Lipinski definition) is 5. The molecule has 148 valence electrons. The van der Waals surface area contributed by atoms with E-state index in [1.807, 2.05) is 35.2 Å². The molecule has 0 atom stereocenters. The van der Waals surface area contributed by atoms with Gasteiger partial charge < -0.3 is 9.64 Å². The van der Waals surface area contributed by atoms with Crippen LogP contribution in [0.2, 0.25) is 5.02 Å². The van der Waals surface area contributed by atoms with Crippen molar-refractivity contribution in [2.75, 3.05) is 18.5 Å². The Morgan fingerprint density at radius 2 is 1.90 bits per heavy atom. The van der Waals surface area contributed by atoms with Crippen molar-refractivity contribution >= 4 is 39.9 Å². The largest absolute Gasteiger partial charge is 0.484 e. The van der Waals surface area contributed by atoms with Crippen LogP contribution in [0, 0.1) is 0 Å². The maximum Gasteiger partial charge on any atom is 0.264 e. The molecule has 0 unspecified atom stereocenters. The van der Waals surface area contributed by atoms with E-state index in [-0.39, 0.29) is 18.4 Å². The number of rotatable bonds is 5. The van der Waals surface area contributed by atoms with Crippen LogP contribution in [-0.2, 0) is 17.8 Å². The van der Waals surface area contributed by atoms with E-state index >= 15 is 0 Å². The molecule has 0 aliphatic carbocycles. The first kappa shape index (κ1) is 19.4. The number of hydrogen-bond donors (Lipinski definition) is 1. The number of ether oxygens (including phenoxy) is 1. The van der Waals surface area contributed by atoms with Gasteiger partial charge in [-0.05, 0) is 36.4 Å². The van der Waals surface area contributed by atoms with Crippen LogP contribution in [0.15, 0.2) is 54.6 Å². The minimum absolute atomic E-state index is 0.00611. The van der Waals surface area contributed by atoms with Gasteiger partial charge in [-0.15, -0.1) is 0 Å². The Morgan fingerprint density at radius 3 is 2.66 bits per heavy atom. The third kappa shape index (κ3) is 4.75. The van der Waals surface area contributed by atoms with E-state index in [1.54, 1.807) is 24.3 Å². The van der Waals surface area contributed by atoms with E-state index < -0.39 is 0 Å². The summed E-state index contributed by atoms with van der Waals surface area (Å²) < 4.78 is 5.45. The first-order chi connectivity index (χ1) is 14.1. The Morgan fingerprint density at radius 1 is 1.14 bits per heavy atom. The molecule has 0 radical (unpaired) electrons. The summed E-state index contributed by atoms with van der Waals surface area (Å²) >= 11 is 7.22. The molecule has 29 heavy (non-hydrogen) atoms. The first-order valence-electron chi connectivity index (χ1n) is 9.09. The average Bonchev–Trinajstić information content (AvgIpc) is 3.14. The number of thiazole rings is 1. The number of amides is 2. The summed E-state index contributed by atoms with van der Waals surface area (Å²) in [6, 6.07) is 16.0. The van der Waals surface area contributed by atoms with Crippen LogP contribution in [0.3, 0.4) is 0 Å². The highest BCUT2D eigenvalue weighted by Crippen LogP contribution is 2.29. The lowest BCUT2D eigenvalue weighted by Gasteiger charge is -2.26. The van der Waals surface area contributed by atoms with Gasteiger partial charge in [0.1, 0.15) is 5.75 Å². The number of fused-ring (bicyclic) bond motifs is 1. The van der Waals surface area contributed by atoms with Gasteiger partial charge >= 0.3 is 0 Å². The van der Waals surface area contributed by atoms with Crippen molar-refractivity contribution in [1.82, 2.24) is 9.88 Å². The third-order valence-corrected chi connectivity index (χ3v) is 5.72. The van der Waals surface area contributed by atoms with Gasteiger partial charge in [-0.3, -0.25) is 14.9 Å². The van der Waals surface area contributed by atoms with Crippen LogP contribution in [0.4, 0.5) is 5.13 Å². The monoisotopic (exact) mass is 427 g/mol. The normalized spacial score (nSPS) is 12.9. The molecule has 1 aromatic heterocycles. The molecule has 2 heterocycles. The van der Waals surface area contributed by atoms with Crippen molar-refractivity contribution in [2.45, 2.75) is 13.0 Å². The van der Waals surface area contributed by atoms with Crippen molar-refractivity contribution in [2.24, 2.45) is 0 Å². The maximum absolute atomic E-state index is 12.7. The minimum Gasteiger partial charge on any atom is -0.484 e. The van der Waals surface area contributed by atoms with E-state index in [9.17, 15) is 9.59 Å². The van der Waals surface area contributed by atoms with Gasteiger partial charge in [0, 0.05) is 28.4 Å². The molecular formula is C21H18ClN3O3S. The Bertz CT molecular complexity index is 1020. The number of benzene rings is 2. The third-order valence-electron chi connectivity index (χ3n) is 4.47. The fraction of sp³-hybridized carbons (Fsp3) is 0.190. The smallest absolute Gasteiger partial charge is 0.264 e. The van der Waals surface area contributed by atoms with Crippen LogP contribution in [-0.4, -0.2) is 34.8 Å². The van der Waals surface area contributed by atoms with E-state index in [1.165, 1.54) is 11.3 Å². The van der Waals surface area contributed by atoms with Crippen molar-refractivity contribution in [3.05, 3.63) is 75.8 Å². The van der Waals surface area contributed by atoms with Crippen molar-refractivity contribution in [3.63, 3.8) is 0 Å². The van der Waals surface area contributed by atoms with Crippen LogP contribution in [0.5, 0.6) is 5.75 Å². The maximum atomic E-state index is 12.7. The molecule has 0 bridgehead atoms. The Hall–Kier alpha value is -2.90. The molecule has 8 heteroatoms. The minimum atomic E-state index is -0.289. The summed E-state index contributed by atoms with van der Waals surface area (Å²) in [5, 5.41) is 3.90. The van der Waals surface area contributed by atoms with Crippen LogP contribution >= 0.6 is 22.9 Å². The predicted molar refractivity (Wildman–Crippen MR) is 113 cm³/mol. The fourth-order valence-electron chi connectivity index (χ4n) is 3.02. The van der Waals surface area contributed by atoms with Gasteiger partial charge in [-0.25, -0.2) is 4.98 Å². The molecule has 1 N–H and O–H groups in total. The second-order valence-electron chi connectivity index (χ2n) is 6.52. The fourth-order valence-corrected chi connectivity index (χ4v) is 4.19. The van der Waals surface area contributed by atoms with Crippen LogP contribution in [0.25, 0.3) is 0 Å². The van der Waals surface area contributed by atoms with Gasteiger partial charge in [0.25, 0.3) is 11.8 Å². The van der Waals surface area contributed by atoms with Crippen LogP contribution in [0.1, 0.15) is 20.9 Å². The molecule has 2 aromatic carbocycles. The Balaban J connectivity index is 1.35. The zero-order valence-corrected chi connectivity index (χ0v) is 17.0. The van der Waals surface area contributed by atoms with Gasteiger partial charge in [0.05, 0.1) is 12.2 Å². The highest BCUT2D eigenvalue weighted by Gasteiger charge is 2.25. The zero-order valence-electron chi connectivity index (χ0n) is 15.4. The molecule has 0 fully saturated rings. The molecule has 3 aromatic rings. The topological polar surface area (TPSA) is 71.5 Å². The predicted octanol–water partition coefficient (Wildman–Crippen LogP) is 4.01. The molecule has 4 rings (SSSR count). The Labute approximate surface area is 177 Å². The van der Waals surface area contributed by atoms with Crippen molar-refractivity contribution in [1.29, 1.82) is 0 Å². The summed E-state index contributed by atoms with van der Waals surface area (Å²) in [7, 11) is 0. The lowest BCUT2D eigenvalue weighted by Crippen LogP contribution is -2.35. The highest BCUT2D eigenvalue weighted by atomic mass is 35.5. The van der Waals surface area contributed by atoms with Gasteiger partial charge in [-0.2, -0.15) is 0 Å². The number of nitrogens with one attached hydrogen (secondary N) is 1. The number of anilines is 1. The summed E-state index contributed by atoms with van der Waals surface area (Å²) in [6.45, 7) is 0.986. The summed E-state index contributed by atoms with van der Waals surface area (Å²) in [5.74, 6) is 0.285. The van der Waals surface area contributed by atoms with Crippen molar-refractivity contribution < 1.29 is 14.3 Å². The first-order valence-corrected chi connectivity index (χ1v) is 10.3. The quantitative estimate of drug-likeness (QED) is 0.667. The zero-order chi connectivity index (χ0) is 20.2. The molecule has 0 saturated carbocycles. The van der Waals surface area contributed by atoms with Gasteiger partial charge in [0.15, 0.2) is 11.7 Å². The average molecular weight is 428 g/mol. The SMILES string of the molecule is O=C(COc1ccc(Cl)cc1)Nc1nc2c(s1)CN(C(=O)c1ccccc1)CC2. The van der Waals surface area contributed by atoms with Gasteiger partial charge in [0.2, 0.25) is 0 Å². The standard InChI is InChI=1S/C21H18ClN3O3S/c22-15-6-8-16(9-7-15)28-13-19(26)24-21-23-17-10-11-25(12-18(17)29-21)20(27)14-4-2-1-3-5-14/h1-9H,10-13H2,(H,23,24,26). The van der Waals surface area contributed by atoms with E-state index in [0.29, 0.717) is 41.0 Å². The molecule has 1 aliphatic rings. The molecule has 0 saturated heterocycles. The summed E-state index contributed by atoms with van der Waals surface area (Å²) in [6.07, 6.45) is 0.668. The lowest BCUT2D eigenvalue weighted by molar-refractivity contribution is -0.118. The molecule has 6 nitrogen and oxygen atoms in total. The summed E-state index contributed by atoms with van der Waals surface area (Å²) in [5.41, 5.74) is 1.61. The van der Waals surface area contributed by atoms with E-state index in [0.717, 1.165) is 10.6 Å². The number of carbonyl (C=O) groups is 2. The number of aromatic nitrogens is 1. The number of nitrogens with zero attached hydrogens (tertiary/aromatic N) is 2. The lowest BCUT2D eigenvalue weighted by atomic mass is 10.1. The number of carbonyl (C=O) groups excluding carboxylic acids is 2. The molecular weight excluding hydrogens is 410 g/mol. The second kappa shape index (κ2) is 8.63. The second-order valence-corrected chi connectivity index (χ2v) is 8.04. The van der Waals surface area contributed by atoms with E-state index in [4.69, 9.17) is 16.3 Å². The molecule has 0 spiro atoms. The van der Waals surface area contributed by atoms with Crippen molar-refractivity contribution in [3.8, 4) is 5.75 Å². The molecule has 1 aliphatic heterocycles. The Kier molecular flexibility index (Phi) is 5.78. The summed E-state index contributed by atoms with van der Waals surface area (Å²) in [4.78, 5) is 32.1.